The minimum Gasteiger partial charge on any atom is -0.351 e. The molecule has 2 rings (SSSR count). The van der Waals surface area contributed by atoms with Gasteiger partial charge < -0.3 is 5.32 Å². The van der Waals surface area contributed by atoms with Gasteiger partial charge >= 0.3 is 0 Å². The predicted octanol–water partition coefficient (Wildman–Crippen LogP) is 1.61. The van der Waals surface area contributed by atoms with Crippen LogP contribution in [0.15, 0.2) is 6.20 Å². The van der Waals surface area contributed by atoms with E-state index < -0.39 is 0 Å². The lowest BCUT2D eigenvalue weighted by atomic mass is 10.1. The standard InChI is InChI=1S/C12H20N4O/c1-2-7-13-12(17)11-9-16(15-14-11)8-10-5-3-4-6-10/h9-10H,2-8H2,1H3,(H,13,17). The van der Waals surface area contributed by atoms with E-state index in [4.69, 9.17) is 0 Å². The monoisotopic (exact) mass is 236 g/mol. The Morgan fingerprint density at radius 3 is 3.00 bits per heavy atom. The smallest absolute Gasteiger partial charge is 0.273 e. The molecule has 0 atom stereocenters. The second-order valence-corrected chi connectivity index (χ2v) is 4.73. The molecule has 1 fully saturated rings. The summed E-state index contributed by atoms with van der Waals surface area (Å²) in [7, 11) is 0. The molecule has 0 bridgehead atoms. The van der Waals surface area contributed by atoms with Crippen LogP contribution in [0, 0.1) is 5.92 Å². The van der Waals surface area contributed by atoms with E-state index in [0.717, 1.165) is 13.0 Å². The molecule has 1 aromatic heterocycles. The van der Waals surface area contributed by atoms with E-state index in [1.165, 1.54) is 25.7 Å². The van der Waals surface area contributed by atoms with Gasteiger partial charge in [0.05, 0.1) is 6.20 Å². The SMILES string of the molecule is CCCNC(=O)c1cn(CC2CCCC2)nn1. The van der Waals surface area contributed by atoms with Gasteiger partial charge in [-0.3, -0.25) is 9.48 Å². The number of carbonyl (C=O) groups is 1. The molecular formula is C12H20N4O. The molecule has 5 nitrogen and oxygen atoms in total. The van der Waals surface area contributed by atoms with Gasteiger partial charge in [-0.25, -0.2) is 0 Å². The first kappa shape index (κ1) is 12.1. The first-order valence-corrected chi connectivity index (χ1v) is 6.48. The van der Waals surface area contributed by atoms with Crippen molar-refractivity contribution >= 4 is 5.91 Å². The summed E-state index contributed by atoms with van der Waals surface area (Å²) in [6, 6.07) is 0. The average Bonchev–Trinajstić information content (AvgIpc) is 2.98. The van der Waals surface area contributed by atoms with Gasteiger partial charge in [-0.15, -0.1) is 5.10 Å². The van der Waals surface area contributed by atoms with Crippen LogP contribution >= 0.6 is 0 Å². The van der Waals surface area contributed by atoms with E-state index in [1.807, 2.05) is 6.92 Å². The molecule has 1 aliphatic rings. The molecule has 1 aliphatic carbocycles. The normalized spacial score (nSPS) is 16.3. The van der Waals surface area contributed by atoms with Gasteiger partial charge in [0, 0.05) is 13.1 Å². The highest BCUT2D eigenvalue weighted by Crippen LogP contribution is 2.25. The number of hydrogen-bond donors (Lipinski definition) is 1. The minimum absolute atomic E-state index is 0.121. The van der Waals surface area contributed by atoms with Crippen LogP contribution in [0.4, 0.5) is 0 Å². The minimum atomic E-state index is -0.121. The molecule has 94 valence electrons. The summed E-state index contributed by atoms with van der Waals surface area (Å²) < 4.78 is 1.80. The number of nitrogens with zero attached hydrogens (tertiary/aromatic N) is 3. The van der Waals surface area contributed by atoms with Crippen LogP contribution in [-0.4, -0.2) is 27.4 Å². The Balaban J connectivity index is 1.88. The fourth-order valence-electron chi connectivity index (χ4n) is 2.28. The summed E-state index contributed by atoms with van der Waals surface area (Å²) in [6.07, 6.45) is 7.88. The van der Waals surface area contributed by atoms with Gasteiger partial charge in [-0.1, -0.05) is 25.0 Å². The van der Waals surface area contributed by atoms with Crippen LogP contribution < -0.4 is 5.32 Å². The predicted molar refractivity (Wildman–Crippen MR) is 64.6 cm³/mol. The molecule has 1 aromatic rings. The topological polar surface area (TPSA) is 59.8 Å². The lowest BCUT2D eigenvalue weighted by Crippen LogP contribution is -2.24. The fourth-order valence-corrected chi connectivity index (χ4v) is 2.28. The van der Waals surface area contributed by atoms with Gasteiger partial charge in [0.2, 0.25) is 0 Å². The second kappa shape index (κ2) is 5.80. The summed E-state index contributed by atoms with van der Waals surface area (Å²) in [5.74, 6) is 0.591. The van der Waals surface area contributed by atoms with Gasteiger partial charge in [-0.2, -0.15) is 0 Å². The molecule has 0 saturated heterocycles. The number of carbonyl (C=O) groups excluding carboxylic acids is 1. The molecule has 1 amide bonds. The molecule has 17 heavy (non-hydrogen) atoms. The van der Waals surface area contributed by atoms with E-state index in [0.29, 0.717) is 18.2 Å². The van der Waals surface area contributed by atoms with Crippen molar-refractivity contribution in [2.45, 2.75) is 45.6 Å². The molecule has 0 radical (unpaired) electrons. The van der Waals surface area contributed by atoms with Crippen LogP contribution in [0.2, 0.25) is 0 Å². The average molecular weight is 236 g/mol. The molecule has 0 unspecified atom stereocenters. The Morgan fingerprint density at radius 2 is 2.29 bits per heavy atom. The molecular weight excluding hydrogens is 216 g/mol. The van der Waals surface area contributed by atoms with Crippen LogP contribution in [0.3, 0.4) is 0 Å². The quantitative estimate of drug-likeness (QED) is 0.845. The summed E-state index contributed by atoms with van der Waals surface area (Å²) in [5.41, 5.74) is 0.427. The van der Waals surface area contributed by atoms with E-state index in [-0.39, 0.29) is 5.91 Å². The Kier molecular flexibility index (Phi) is 4.12. The van der Waals surface area contributed by atoms with Crippen LogP contribution in [0.1, 0.15) is 49.5 Å². The number of amides is 1. The number of aromatic nitrogens is 3. The lowest BCUT2D eigenvalue weighted by Gasteiger charge is -2.06. The van der Waals surface area contributed by atoms with Gasteiger partial charge in [0.1, 0.15) is 0 Å². The second-order valence-electron chi connectivity index (χ2n) is 4.73. The van der Waals surface area contributed by atoms with Crippen molar-refractivity contribution in [2.75, 3.05) is 6.54 Å². The molecule has 1 heterocycles. The van der Waals surface area contributed by atoms with Crippen molar-refractivity contribution in [1.82, 2.24) is 20.3 Å². The zero-order chi connectivity index (χ0) is 12.1. The number of hydrogen-bond acceptors (Lipinski definition) is 3. The Morgan fingerprint density at radius 1 is 1.53 bits per heavy atom. The molecule has 5 heteroatoms. The van der Waals surface area contributed by atoms with Crippen LogP contribution in [-0.2, 0) is 6.54 Å². The third kappa shape index (κ3) is 3.28. The molecule has 1 N–H and O–H groups in total. The van der Waals surface area contributed by atoms with E-state index in [2.05, 4.69) is 15.6 Å². The van der Waals surface area contributed by atoms with Gasteiger partial charge in [0.15, 0.2) is 5.69 Å². The van der Waals surface area contributed by atoms with Crippen molar-refractivity contribution in [3.63, 3.8) is 0 Å². The maximum absolute atomic E-state index is 11.6. The zero-order valence-corrected chi connectivity index (χ0v) is 10.4. The maximum atomic E-state index is 11.6. The Bertz CT molecular complexity index is 368. The summed E-state index contributed by atoms with van der Waals surface area (Å²) in [4.78, 5) is 11.6. The highest BCUT2D eigenvalue weighted by atomic mass is 16.1. The molecule has 1 saturated carbocycles. The Labute approximate surface area is 102 Å². The Hall–Kier alpha value is -1.39. The fraction of sp³-hybridized carbons (Fsp3) is 0.750. The van der Waals surface area contributed by atoms with Gasteiger partial charge in [-0.05, 0) is 25.2 Å². The van der Waals surface area contributed by atoms with Crippen molar-refractivity contribution in [1.29, 1.82) is 0 Å². The van der Waals surface area contributed by atoms with E-state index in [1.54, 1.807) is 10.9 Å². The van der Waals surface area contributed by atoms with E-state index >= 15 is 0 Å². The van der Waals surface area contributed by atoms with E-state index in [9.17, 15) is 4.79 Å². The number of nitrogens with one attached hydrogen (secondary N) is 1. The summed E-state index contributed by atoms with van der Waals surface area (Å²) in [6.45, 7) is 3.61. The first-order chi connectivity index (χ1) is 8.29. The molecule has 0 aromatic carbocycles. The van der Waals surface area contributed by atoms with Gasteiger partial charge in [0.25, 0.3) is 5.91 Å². The third-order valence-electron chi connectivity index (χ3n) is 3.23. The highest BCUT2D eigenvalue weighted by molar-refractivity contribution is 5.91. The van der Waals surface area contributed by atoms with Crippen molar-refractivity contribution in [2.24, 2.45) is 5.92 Å². The van der Waals surface area contributed by atoms with Crippen LogP contribution in [0.25, 0.3) is 0 Å². The first-order valence-electron chi connectivity index (χ1n) is 6.48. The van der Waals surface area contributed by atoms with Crippen molar-refractivity contribution in [3.05, 3.63) is 11.9 Å². The van der Waals surface area contributed by atoms with Crippen LogP contribution in [0.5, 0.6) is 0 Å². The number of rotatable bonds is 5. The maximum Gasteiger partial charge on any atom is 0.273 e. The summed E-state index contributed by atoms with van der Waals surface area (Å²) >= 11 is 0. The molecule has 0 aliphatic heterocycles. The van der Waals surface area contributed by atoms with Crippen molar-refractivity contribution in [3.8, 4) is 0 Å². The largest absolute Gasteiger partial charge is 0.351 e. The zero-order valence-electron chi connectivity index (χ0n) is 10.4. The van der Waals surface area contributed by atoms with Crippen molar-refractivity contribution < 1.29 is 4.79 Å². The highest BCUT2D eigenvalue weighted by Gasteiger charge is 2.17. The third-order valence-corrected chi connectivity index (χ3v) is 3.23. The lowest BCUT2D eigenvalue weighted by molar-refractivity contribution is 0.0948. The molecule has 0 spiro atoms. The summed E-state index contributed by atoms with van der Waals surface area (Å²) in [5, 5.41) is 10.7.